The number of halogens is 1. The van der Waals surface area contributed by atoms with Gasteiger partial charge in [-0.25, -0.2) is 9.37 Å². The lowest BCUT2D eigenvalue weighted by molar-refractivity contribution is -0.120. The summed E-state index contributed by atoms with van der Waals surface area (Å²) in [7, 11) is 0. The summed E-state index contributed by atoms with van der Waals surface area (Å²) in [4.78, 5) is 28.2. The van der Waals surface area contributed by atoms with Gasteiger partial charge in [0.05, 0.1) is 13.2 Å². The molecule has 7 nitrogen and oxygen atoms in total. The molecule has 1 heterocycles. The minimum Gasteiger partial charge on any atom is -0.494 e. The zero-order valence-corrected chi connectivity index (χ0v) is 16.9. The Morgan fingerprint density at radius 3 is 2.39 bits per heavy atom. The number of hydrogen-bond acceptors (Lipinski definition) is 5. The van der Waals surface area contributed by atoms with Crippen LogP contribution in [0.5, 0.6) is 17.4 Å². The minimum absolute atomic E-state index is 0.198. The van der Waals surface area contributed by atoms with E-state index in [2.05, 4.69) is 15.6 Å². The van der Waals surface area contributed by atoms with Gasteiger partial charge < -0.3 is 20.1 Å². The number of amides is 2. The summed E-state index contributed by atoms with van der Waals surface area (Å²) in [5.74, 6) is 0.510. The summed E-state index contributed by atoms with van der Waals surface area (Å²) in [5, 5.41) is 5.21. The predicted molar refractivity (Wildman–Crippen MR) is 113 cm³/mol. The maximum absolute atomic E-state index is 12.9. The van der Waals surface area contributed by atoms with Crippen molar-refractivity contribution in [2.24, 2.45) is 0 Å². The zero-order valence-electron chi connectivity index (χ0n) is 16.9. The number of nitrogens with zero attached hydrogens (tertiary/aromatic N) is 1. The smallest absolute Gasteiger partial charge is 0.251 e. The van der Waals surface area contributed by atoms with Gasteiger partial charge in [-0.2, -0.15) is 0 Å². The van der Waals surface area contributed by atoms with Gasteiger partial charge in [0.1, 0.15) is 17.3 Å². The molecule has 2 N–H and O–H groups in total. The van der Waals surface area contributed by atoms with Crippen LogP contribution in [0.1, 0.15) is 22.8 Å². The first-order chi connectivity index (χ1) is 15.0. The molecule has 0 spiro atoms. The molecule has 31 heavy (non-hydrogen) atoms. The summed E-state index contributed by atoms with van der Waals surface area (Å²) in [6, 6.07) is 15.7. The lowest BCUT2D eigenvalue weighted by atomic mass is 10.2. The molecule has 0 bridgehead atoms. The number of carbonyl (C=O) groups is 2. The highest BCUT2D eigenvalue weighted by atomic mass is 19.1. The molecule has 2 aromatic carbocycles. The third-order valence-corrected chi connectivity index (χ3v) is 4.16. The van der Waals surface area contributed by atoms with Gasteiger partial charge in [0.2, 0.25) is 11.8 Å². The second-order valence-electron chi connectivity index (χ2n) is 6.48. The van der Waals surface area contributed by atoms with Crippen molar-refractivity contribution >= 4 is 11.8 Å². The molecule has 3 aromatic rings. The van der Waals surface area contributed by atoms with Crippen LogP contribution in [0.2, 0.25) is 0 Å². The molecule has 0 fully saturated rings. The van der Waals surface area contributed by atoms with Crippen molar-refractivity contribution in [2.45, 2.75) is 13.5 Å². The highest BCUT2D eigenvalue weighted by Gasteiger charge is 2.09. The maximum atomic E-state index is 12.9. The fourth-order valence-corrected chi connectivity index (χ4v) is 2.63. The number of benzene rings is 2. The molecule has 0 saturated carbocycles. The molecule has 0 unspecified atom stereocenters. The van der Waals surface area contributed by atoms with Gasteiger partial charge in [-0.05, 0) is 67.1 Å². The molecule has 1 aromatic heterocycles. The van der Waals surface area contributed by atoms with Crippen LogP contribution in [0, 0.1) is 5.82 Å². The Morgan fingerprint density at radius 2 is 1.68 bits per heavy atom. The summed E-state index contributed by atoms with van der Waals surface area (Å²) < 4.78 is 24.0. The van der Waals surface area contributed by atoms with Gasteiger partial charge in [0.25, 0.3) is 5.91 Å². The number of aromatic nitrogens is 1. The van der Waals surface area contributed by atoms with Crippen LogP contribution in [-0.4, -0.2) is 29.9 Å². The van der Waals surface area contributed by atoms with Crippen LogP contribution in [0.3, 0.4) is 0 Å². The van der Waals surface area contributed by atoms with Crippen LogP contribution >= 0.6 is 0 Å². The van der Waals surface area contributed by atoms with E-state index >= 15 is 0 Å². The molecule has 0 radical (unpaired) electrons. The Bertz CT molecular complexity index is 1020. The Morgan fingerprint density at radius 1 is 0.968 bits per heavy atom. The van der Waals surface area contributed by atoms with E-state index in [1.165, 1.54) is 24.3 Å². The minimum atomic E-state index is -0.454. The fourth-order valence-electron chi connectivity index (χ4n) is 2.63. The third kappa shape index (κ3) is 6.81. The number of hydrogen-bond donors (Lipinski definition) is 2. The van der Waals surface area contributed by atoms with E-state index in [1.807, 2.05) is 19.1 Å². The molecule has 0 aliphatic heterocycles. The summed E-state index contributed by atoms with van der Waals surface area (Å²) >= 11 is 0. The van der Waals surface area contributed by atoms with Crippen molar-refractivity contribution in [3.63, 3.8) is 0 Å². The van der Waals surface area contributed by atoms with Gasteiger partial charge >= 0.3 is 0 Å². The SMILES string of the molecule is CCOc1ccc(Oc2cc(CNC(=O)CNC(=O)c3ccc(F)cc3)ccn2)cc1. The standard InChI is InChI=1S/C23H22FN3O4/c1-2-30-19-7-9-20(10-8-19)31-22-13-16(11-12-25-22)14-26-21(28)15-27-23(29)17-3-5-18(24)6-4-17/h3-13H,2,14-15H2,1H3,(H,26,28)(H,27,29). The molecule has 0 aliphatic rings. The van der Waals surface area contributed by atoms with E-state index in [-0.39, 0.29) is 24.6 Å². The topological polar surface area (TPSA) is 89.5 Å². The molecule has 0 saturated heterocycles. The predicted octanol–water partition coefficient (Wildman–Crippen LogP) is 3.46. The average molecular weight is 423 g/mol. The largest absolute Gasteiger partial charge is 0.494 e. The number of carbonyl (C=O) groups excluding carboxylic acids is 2. The van der Waals surface area contributed by atoms with Crippen LogP contribution in [-0.2, 0) is 11.3 Å². The van der Waals surface area contributed by atoms with Gasteiger partial charge in [0.15, 0.2) is 0 Å². The molecule has 8 heteroatoms. The van der Waals surface area contributed by atoms with Crippen molar-refractivity contribution in [3.05, 3.63) is 83.8 Å². The Labute approximate surface area is 179 Å². The van der Waals surface area contributed by atoms with Gasteiger partial charge in [-0.3, -0.25) is 9.59 Å². The van der Waals surface area contributed by atoms with Crippen LogP contribution in [0.15, 0.2) is 66.9 Å². The summed E-state index contributed by atoms with van der Waals surface area (Å²) in [6.07, 6.45) is 1.59. The van der Waals surface area contributed by atoms with Crippen LogP contribution in [0.25, 0.3) is 0 Å². The lowest BCUT2D eigenvalue weighted by Gasteiger charge is -2.09. The Balaban J connectivity index is 1.47. The van der Waals surface area contributed by atoms with Crippen molar-refractivity contribution in [3.8, 4) is 17.4 Å². The highest BCUT2D eigenvalue weighted by molar-refractivity contribution is 5.96. The quantitative estimate of drug-likeness (QED) is 0.550. The maximum Gasteiger partial charge on any atom is 0.251 e. The number of nitrogens with one attached hydrogen (secondary N) is 2. The molecule has 0 aliphatic carbocycles. The third-order valence-electron chi connectivity index (χ3n) is 4.16. The monoisotopic (exact) mass is 423 g/mol. The van der Waals surface area contributed by atoms with Crippen molar-refractivity contribution in [1.29, 1.82) is 0 Å². The highest BCUT2D eigenvalue weighted by Crippen LogP contribution is 2.23. The van der Waals surface area contributed by atoms with Crippen molar-refractivity contribution in [1.82, 2.24) is 15.6 Å². The molecular weight excluding hydrogens is 401 g/mol. The first kappa shape index (κ1) is 21.8. The lowest BCUT2D eigenvalue weighted by Crippen LogP contribution is -2.36. The molecular formula is C23H22FN3O4. The van der Waals surface area contributed by atoms with Crippen LogP contribution < -0.4 is 20.1 Å². The zero-order chi connectivity index (χ0) is 22.1. The second-order valence-corrected chi connectivity index (χ2v) is 6.48. The molecule has 160 valence electrons. The Hall–Kier alpha value is -3.94. The summed E-state index contributed by atoms with van der Waals surface area (Å²) in [5.41, 5.74) is 1.06. The van der Waals surface area contributed by atoms with E-state index in [4.69, 9.17) is 9.47 Å². The van der Waals surface area contributed by atoms with E-state index in [0.717, 1.165) is 11.3 Å². The van der Waals surface area contributed by atoms with Gasteiger partial charge in [-0.1, -0.05) is 0 Å². The molecule has 0 atom stereocenters. The first-order valence-electron chi connectivity index (χ1n) is 9.69. The number of pyridine rings is 1. The second kappa shape index (κ2) is 10.7. The van der Waals surface area contributed by atoms with Gasteiger partial charge in [-0.15, -0.1) is 0 Å². The average Bonchev–Trinajstić information content (AvgIpc) is 2.78. The first-order valence-corrected chi connectivity index (χ1v) is 9.69. The normalized spacial score (nSPS) is 10.3. The van der Waals surface area contributed by atoms with Crippen molar-refractivity contribution in [2.75, 3.05) is 13.2 Å². The molecule has 2 amide bonds. The Kier molecular flexibility index (Phi) is 7.53. The van der Waals surface area contributed by atoms with Crippen LogP contribution in [0.4, 0.5) is 4.39 Å². The molecule has 3 rings (SSSR count). The van der Waals surface area contributed by atoms with E-state index in [0.29, 0.717) is 18.2 Å². The van der Waals surface area contributed by atoms with E-state index in [9.17, 15) is 14.0 Å². The number of ether oxygens (including phenoxy) is 2. The summed E-state index contributed by atoms with van der Waals surface area (Å²) in [6.45, 7) is 2.55. The van der Waals surface area contributed by atoms with E-state index in [1.54, 1.807) is 30.5 Å². The van der Waals surface area contributed by atoms with E-state index < -0.39 is 11.7 Å². The van der Waals surface area contributed by atoms with Gasteiger partial charge in [0, 0.05) is 24.4 Å². The number of rotatable bonds is 9. The fraction of sp³-hybridized carbons (Fsp3) is 0.174. The van der Waals surface area contributed by atoms with Crippen molar-refractivity contribution < 1.29 is 23.5 Å².